The van der Waals surface area contributed by atoms with Crippen molar-refractivity contribution in [1.29, 1.82) is 0 Å². The molecule has 0 N–H and O–H groups in total. The van der Waals surface area contributed by atoms with E-state index >= 15 is 0 Å². The van der Waals surface area contributed by atoms with Crippen LogP contribution >= 0.6 is 0 Å². The van der Waals surface area contributed by atoms with Gasteiger partial charge in [-0.3, -0.25) is 4.79 Å². The number of hydrogen-bond donors (Lipinski definition) is 0. The Labute approximate surface area is 166 Å². The number of nitrogens with zero attached hydrogens (tertiary/aromatic N) is 5. The largest absolute Gasteiger partial charge is 0.514 e. The summed E-state index contributed by atoms with van der Waals surface area (Å²) in [6.07, 6.45) is 6.01. The standard InChI is InChI=1S/C21H17N5O3/c27-19-14-16(12-11-15-7-3-1-4-8-15)13-18(17-9-5-2-6-10-17)20(19)25-23-21(22-24-25)26(28)29/h1-12,14,18,20H,13H2/t18-,20-/m1/s1. The molecule has 4 rings (SSSR count). The fourth-order valence-corrected chi connectivity index (χ4v) is 3.46. The zero-order valence-electron chi connectivity index (χ0n) is 15.3. The molecule has 1 aromatic heterocycles. The molecule has 0 amide bonds. The van der Waals surface area contributed by atoms with E-state index in [1.54, 1.807) is 6.08 Å². The molecule has 0 saturated carbocycles. The third kappa shape index (κ3) is 4.01. The van der Waals surface area contributed by atoms with Crippen molar-refractivity contribution in [2.45, 2.75) is 18.4 Å². The lowest BCUT2D eigenvalue weighted by Crippen LogP contribution is -2.30. The van der Waals surface area contributed by atoms with E-state index in [4.69, 9.17) is 0 Å². The van der Waals surface area contributed by atoms with Crippen LogP contribution in [0.2, 0.25) is 0 Å². The quantitative estimate of drug-likeness (QED) is 0.490. The van der Waals surface area contributed by atoms with Gasteiger partial charge in [0.05, 0.1) is 10.2 Å². The summed E-state index contributed by atoms with van der Waals surface area (Å²) in [7, 11) is 0. The summed E-state index contributed by atoms with van der Waals surface area (Å²) in [6, 6.07) is 18.6. The molecule has 1 aliphatic carbocycles. The van der Waals surface area contributed by atoms with Crippen LogP contribution < -0.4 is 0 Å². The first kappa shape index (κ1) is 18.4. The van der Waals surface area contributed by atoms with Crippen molar-refractivity contribution in [3.05, 3.63) is 99.6 Å². The van der Waals surface area contributed by atoms with Gasteiger partial charge < -0.3 is 10.1 Å². The molecule has 2 atom stereocenters. The van der Waals surface area contributed by atoms with Gasteiger partial charge >= 0.3 is 5.95 Å². The Hall–Kier alpha value is -3.94. The molecule has 2 aromatic carbocycles. The van der Waals surface area contributed by atoms with Gasteiger partial charge in [0.25, 0.3) is 0 Å². The number of rotatable bonds is 5. The summed E-state index contributed by atoms with van der Waals surface area (Å²) in [6.45, 7) is 0. The first-order valence-electron chi connectivity index (χ1n) is 9.08. The summed E-state index contributed by atoms with van der Waals surface area (Å²) in [5, 5.41) is 21.9. The van der Waals surface area contributed by atoms with Gasteiger partial charge in [0, 0.05) is 11.1 Å². The third-order valence-electron chi connectivity index (χ3n) is 4.80. The molecule has 1 aliphatic rings. The average molecular weight is 387 g/mol. The highest BCUT2D eigenvalue weighted by atomic mass is 16.6. The number of hydrogen-bond acceptors (Lipinski definition) is 6. The lowest BCUT2D eigenvalue weighted by molar-refractivity contribution is -0.394. The van der Waals surface area contributed by atoms with Crippen molar-refractivity contribution in [2.75, 3.05) is 0 Å². The average Bonchev–Trinajstić information content (AvgIpc) is 3.23. The zero-order valence-corrected chi connectivity index (χ0v) is 15.3. The molecule has 3 aromatic rings. The van der Waals surface area contributed by atoms with Gasteiger partial charge in [0.2, 0.25) is 0 Å². The van der Waals surface area contributed by atoms with E-state index in [9.17, 15) is 14.9 Å². The number of nitro groups is 1. The summed E-state index contributed by atoms with van der Waals surface area (Å²) < 4.78 is 0. The minimum absolute atomic E-state index is 0.217. The summed E-state index contributed by atoms with van der Waals surface area (Å²) in [5.41, 5.74) is 2.84. The van der Waals surface area contributed by atoms with Gasteiger partial charge in [-0.2, -0.15) is 0 Å². The highest BCUT2D eigenvalue weighted by Crippen LogP contribution is 2.39. The molecule has 29 heavy (non-hydrogen) atoms. The normalized spacial score (nSPS) is 19.3. The van der Waals surface area contributed by atoms with E-state index in [1.807, 2.05) is 72.8 Å². The maximum atomic E-state index is 13.0. The lowest BCUT2D eigenvalue weighted by atomic mass is 9.79. The van der Waals surface area contributed by atoms with Crippen molar-refractivity contribution in [3.63, 3.8) is 0 Å². The Morgan fingerprint density at radius 1 is 1.03 bits per heavy atom. The Bertz CT molecular complexity index is 1090. The number of ketones is 1. The van der Waals surface area contributed by atoms with Crippen molar-refractivity contribution >= 4 is 17.8 Å². The molecular weight excluding hydrogens is 370 g/mol. The molecule has 0 spiro atoms. The van der Waals surface area contributed by atoms with E-state index in [0.717, 1.165) is 21.5 Å². The SMILES string of the molecule is O=C1C=C(C=Cc2ccccc2)C[C@H](c2ccccc2)[C@H]1n1nnc([N+](=O)[O-])n1. The first-order valence-corrected chi connectivity index (χ1v) is 9.08. The smallest absolute Gasteiger partial charge is 0.390 e. The van der Waals surface area contributed by atoms with E-state index in [2.05, 4.69) is 15.4 Å². The topological polar surface area (TPSA) is 104 Å². The molecule has 0 fully saturated rings. The highest BCUT2D eigenvalue weighted by molar-refractivity contribution is 5.96. The number of carbonyl (C=O) groups excluding carboxylic acids is 1. The Morgan fingerprint density at radius 3 is 2.38 bits per heavy atom. The highest BCUT2D eigenvalue weighted by Gasteiger charge is 2.38. The molecule has 144 valence electrons. The van der Waals surface area contributed by atoms with E-state index in [-0.39, 0.29) is 11.7 Å². The minimum Gasteiger partial charge on any atom is -0.390 e. The second kappa shape index (κ2) is 7.97. The lowest BCUT2D eigenvalue weighted by Gasteiger charge is -2.27. The van der Waals surface area contributed by atoms with Crippen LogP contribution in [-0.4, -0.2) is 30.9 Å². The molecule has 8 heteroatoms. The molecule has 0 bridgehead atoms. The second-order valence-electron chi connectivity index (χ2n) is 6.70. The Balaban J connectivity index is 1.70. The second-order valence-corrected chi connectivity index (χ2v) is 6.70. The fourth-order valence-electron chi connectivity index (χ4n) is 3.46. The van der Waals surface area contributed by atoms with E-state index < -0.39 is 16.9 Å². The van der Waals surface area contributed by atoms with Gasteiger partial charge in [-0.1, -0.05) is 77.6 Å². The number of benzene rings is 2. The number of carbonyl (C=O) groups is 1. The Morgan fingerprint density at radius 2 is 1.72 bits per heavy atom. The van der Waals surface area contributed by atoms with Gasteiger partial charge in [-0.05, 0) is 34.1 Å². The van der Waals surface area contributed by atoms with E-state index in [0.29, 0.717) is 6.42 Å². The summed E-state index contributed by atoms with van der Waals surface area (Å²) in [4.78, 5) is 24.2. The van der Waals surface area contributed by atoms with Crippen LogP contribution in [0.1, 0.15) is 29.5 Å². The number of aromatic nitrogens is 4. The van der Waals surface area contributed by atoms with Gasteiger partial charge in [0.15, 0.2) is 11.8 Å². The van der Waals surface area contributed by atoms with E-state index in [1.165, 1.54) is 0 Å². The molecule has 0 aliphatic heterocycles. The van der Waals surface area contributed by atoms with Crippen molar-refractivity contribution in [3.8, 4) is 0 Å². The van der Waals surface area contributed by atoms with Gasteiger partial charge in [0.1, 0.15) is 0 Å². The van der Waals surface area contributed by atoms with Crippen LogP contribution in [0, 0.1) is 10.1 Å². The van der Waals surface area contributed by atoms with Crippen LogP contribution in [0.25, 0.3) is 6.08 Å². The predicted molar refractivity (Wildman–Crippen MR) is 106 cm³/mol. The first-order chi connectivity index (χ1) is 14.1. The monoisotopic (exact) mass is 387 g/mol. The summed E-state index contributed by atoms with van der Waals surface area (Å²) in [5.74, 6) is -1.11. The van der Waals surface area contributed by atoms with Gasteiger partial charge in [-0.15, -0.1) is 0 Å². The molecule has 1 heterocycles. The van der Waals surface area contributed by atoms with Crippen LogP contribution in [-0.2, 0) is 4.79 Å². The maximum Gasteiger partial charge on any atom is 0.514 e. The van der Waals surface area contributed by atoms with Crippen molar-refractivity contribution < 1.29 is 9.72 Å². The summed E-state index contributed by atoms with van der Waals surface area (Å²) >= 11 is 0. The molecule has 0 radical (unpaired) electrons. The molecule has 0 saturated heterocycles. The maximum absolute atomic E-state index is 13.0. The van der Waals surface area contributed by atoms with Crippen LogP contribution in [0.5, 0.6) is 0 Å². The Kier molecular flexibility index (Phi) is 5.07. The molecular formula is C21H17N5O3. The predicted octanol–water partition coefficient (Wildman–Crippen LogP) is 3.52. The van der Waals surface area contributed by atoms with Crippen LogP contribution in [0.15, 0.2) is 78.4 Å². The fraction of sp³-hybridized carbons (Fsp3) is 0.143. The third-order valence-corrected chi connectivity index (χ3v) is 4.80. The van der Waals surface area contributed by atoms with Crippen molar-refractivity contribution in [2.24, 2.45) is 0 Å². The van der Waals surface area contributed by atoms with Crippen molar-refractivity contribution in [1.82, 2.24) is 20.2 Å². The molecule has 8 nitrogen and oxygen atoms in total. The molecule has 0 unspecified atom stereocenters. The van der Waals surface area contributed by atoms with Gasteiger partial charge in [-0.25, -0.2) is 0 Å². The number of tetrazole rings is 1. The zero-order chi connectivity index (χ0) is 20.2. The minimum atomic E-state index is -0.785. The van der Waals surface area contributed by atoms with Crippen LogP contribution in [0.3, 0.4) is 0 Å². The number of allylic oxidation sites excluding steroid dienone is 3. The van der Waals surface area contributed by atoms with Crippen LogP contribution in [0.4, 0.5) is 5.95 Å².